The first-order valence-corrected chi connectivity index (χ1v) is 8.20. The van der Waals surface area contributed by atoms with E-state index < -0.39 is 5.54 Å². The molecule has 1 fully saturated rings. The van der Waals surface area contributed by atoms with Gasteiger partial charge in [-0.2, -0.15) is 5.26 Å². The number of rotatable bonds is 6. The van der Waals surface area contributed by atoms with Gasteiger partial charge in [0.2, 0.25) is 0 Å². The highest BCUT2D eigenvalue weighted by Gasteiger charge is 2.32. The van der Waals surface area contributed by atoms with Crippen LogP contribution in [0.4, 0.5) is 0 Å². The van der Waals surface area contributed by atoms with Crippen molar-refractivity contribution in [1.29, 1.82) is 5.26 Å². The van der Waals surface area contributed by atoms with Gasteiger partial charge < -0.3 is 0 Å². The molecule has 2 aromatic rings. The number of para-hydroxylation sites is 1. The molecule has 5 heteroatoms. The van der Waals surface area contributed by atoms with E-state index in [9.17, 15) is 5.26 Å². The minimum absolute atomic E-state index is 0.434. The molecule has 1 unspecified atom stereocenters. The lowest BCUT2D eigenvalue weighted by molar-refractivity contribution is 0.433. The van der Waals surface area contributed by atoms with Crippen LogP contribution in [0.15, 0.2) is 35.6 Å². The van der Waals surface area contributed by atoms with Gasteiger partial charge >= 0.3 is 0 Å². The number of thioether (sulfide) groups is 1. The number of aromatic nitrogens is 2. The van der Waals surface area contributed by atoms with Crippen LogP contribution in [-0.4, -0.2) is 27.3 Å². The predicted octanol–water partition coefficient (Wildman–Crippen LogP) is 3.15. The SMILES string of the molecule is CC(C#N)(CCSc1ncnc2ccccc12)NC1CC1. The average Bonchev–Trinajstić information content (AvgIpc) is 3.31. The number of benzene rings is 1. The van der Waals surface area contributed by atoms with Crippen molar-refractivity contribution in [1.82, 2.24) is 15.3 Å². The van der Waals surface area contributed by atoms with E-state index in [4.69, 9.17) is 0 Å². The number of hydrogen-bond acceptors (Lipinski definition) is 5. The molecule has 1 N–H and O–H groups in total. The fourth-order valence-electron chi connectivity index (χ4n) is 2.29. The van der Waals surface area contributed by atoms with Crippen molar-refractivity contribution in [3.8, 4) is 6.07 Å². The number of fused-ring (bicyclic) bond motifs is 1. The molecule has 0 radical (unpaired) electrons. The Balaban J connectivity index is 1.65. The molecule has 1 aliphatic carbocycles. The van der Waals surface area contributed by atoms with Crippen molar-refractivity contribution >= 4 is 22.7 Å². The molecule has 0 bridgehead atoms. The van der Waals surface area contributed by atoms with Crippen molar-refractivity contribution in [2.45, 2.75) is 42.8 Å². The zero-order valence-corrected chi connectivity index (χ0v) is 12.9. The van der Waals surface area contributed by atoms with E-state index in [1.165, 1.54) is 12.8 Å². The van der Waals surface area contributed by atoms with Crippen molar-refractivity contribution in [2.75, 3.05) is 5.75 Å². The summed E-state index contributed by atoms with van der Waals surface area (Å²) < 4.78 is 0. The third-order valence-electron chi connectivity index (χ3n) is 3.69. The molecule has 1 aliphatic rings. The first-order valence-electron chi connectivity index (χ1n) is 7.22. The molecule has 1 atom stereocenters. The monoisotopic (exact) mass is 298 g/mol. The van der Waals surface area contributed by atoms with Crippen LogP contribution in [0.2, 0.25) is 0 Å². The van der Waals surface area contributed by atoms with Gasteiger partial charge in [-0.15, -0.1) is 11.8 Å². The Bertz CT molecular complexity index is 672. The minimum atomic E-state index is -0.434. The third-order valence-corrected chi connectivity index (χ3v) is 4.70. The summed E-state index contributed by atoms with van der Waals surface area (Å²) in [4.78, 5) is 8.65. The first kappa shape index (κ1) is 14.3. The van der Waals surface area contributed by atoms with Gasteiger partial charge in [-0.25, -0.2) is 9.97 Å². The second kappa shape index (κ2) is 6.00. The topological polar surface area (TPSA) is 61.6 Å². The lowest BCUT2D eigenvalue weighted by Gasteiger charge is -2.22. The standard InChI is InChI=1S/C16H18N4S/c1-16(10-17,20-12-6-7-12)8-9-21-15-13-4-2-3-5-14(13)18-11-19-15/h2-5,11-12,20H,6-9H2,1H3. The highest BCUT2D eigenvalue weighted by Crippen LogP contribution is 2.28. The maximum absolute atomic E-state index is 9.38. The normalized spacial score (nSPS) is 17.3. The Labute approximate surface area is 129 Å². The van der Waals surface area contributed by atoms with Crippen LogP contribution in [0.25, 0.3) is 10.9 Å². The Morgan fingerprint density at radius 1 is 1.38 bits per heavy atom. The van der Waals surface area contributed by atoms with Crippen molar-refractivity contribution in [3.63, 3.8) is 0 Å². The minimum Gasteiger partial charge on any atom is -0.297 e. The Hall–Kier alpha value is -1.64. The summed E-state index contributed by atoms with van der Waals surface area (Å²) in [5, 5.41) is 14.9. The molecule has 1 aromatic heterocycles. The van der Waals surface area contributed by atoms with Crippen LogP contribution in [0.1, 0.15) is 26.2 Å². The van der Waals surface area contributed by atoms with Crippen LogP contribution < -0.4 is 5.32 Å². The number of nitriles is 1. The molecule has 0 spiro atoms. The Kier molecular flexibility index (Phi) is 4.09. The van der Waals surface area contributed by atoms with Crippen LogP contribution in [0.3, 0.4) is 0 Å². The summed E-state index contributed by atoms with van der Waals surface area (Å²) in [6.07, 6.45) is 4.81. The molecular formula is C16H18N4S. The zero-order valence-electron chi connectivity index (χ0n) is 12.0. The first-order chi connectivity index (χ1) is 10.2. The van der Waals surface area contributed by atoms with Crippen LogP contribution in [0.5, 0.6) is 0 Å². The predicted molar refractivity (Wildman–Crippen MR) is 85.1 cm³/mol. The van der Waals surface area contributed by atoms with Gasteiger partial charge in [-0.3, -0.25) is 5.32 Å². The summed E-state index contributed by atoms with van der Waals surface area (Å²) in [7, 11) is 0. The summed E-state index contributed by atoms with van der Waals surface area (Å²) in [5.41, 5.74) is 0.533. The molecule has 108 valence electrons. The molecule has 0 saturated heterocycles. The van der Waals surface area contributed by atoms with Gasteiger partial charge in [0.15, 0.2) is 0 Å². The van der Waals surface area contributed by atoms with Gasteiger partial charge in [0.25, 0.3) is 0 Å². The van der Waals surface area contributed by atoms with E-state index >= 15 is 0 Å². The highest BCUT2D eigenvalue weighted by atomic mass is 32.2. The van der Waals surface area contributed by atoms with Gasteiger partial charge in [-0.05, 0) is 32.3 Å². The van der Waals surface area contributed by atoms with Gasteiger partial charge in [0.05, 0.1) is 11.6 Å². The lowest BCUT2D eigenvalue weighted by atomic mass is 10.0. The fourth-order valence-corrected chi connectivity index (χ4v) is 3.44. The molecule has 21 heavy (non-hydrogen) atoms. The molecule has 1 aromatic carbocycles. The molecule has 0 amide bonds. The van der Waals surface area contributed by atoms with E-state index in [1.807, 2.05) is 31.2 Å². The highest BCUT2D eigenvalue weighted by molar-refractivity contribution is 7.99. The van der Waals surface area contributed by atoms with Crippen molar-refractivity contribution < 1.29 is 0 Å². The molecule has 1 heterocycles. The van der Waals surface area contributed by atoms with E-state index in [0.717, 1.165) is 28.1 Å². The number of nitrogens with one attached hydrogen (secondary N) is 1. The van der Waals surface area contributed by atoms with Crippen molar-refractivity contribution in [3.05, 3.63) is 30.6 Å². The Morgan fingerprint density at radius 3 is 2.95 bits per heavy atom. The molecule has 4 nitrogen and oxygen atoms in total. The van der Waals surface area contributed by atoms with Gasteiger partial charge in [-0.1, -0.05) is 18.2 Å². The quantitative estimate of drug-likeness (QED) is 0.655. The number of hydrogen-bond donors (Lipinski definition) is 1. The number of nitrogens with zero attached hydrogens (tertiary/aromatic N) is 3. The molecule has 3 rings (SSSR count). The fraction of sp³-hybridized carbons (Fsp3) is 0.438. The third kappa shape index (κ3) is 3.52. The molecular weight excluding hydrogens is 280 g/mol. The second-order valence-electron chi connectivity index (χ2n) is 5.66. The molecule has 0 aliphatic heterocycles. The maximum Gasteiger partial charge on any atom is 0.117 e. The van der Waals surface area contributed by atoms with E-state index in [1.54, 1.807) is 18.1 Å². The van der Waals surface area contributed by atoms with Crippen LogP contribution in [-0.2, 0) is 0 Å². The van der Waals surface area contributed by atoms with Crippen LogP contribution >= 0.6 is 11.8 Å². The Morgan fingerprint density at radius 2 is 2.19 bits per heavy atom. The van der Waals surface area contributed by atoms with E-state index in [-0.39, 0.29) is 0 Å². The van der Waals surface area contributed by atoms with E-state index in [2.05, 4.69) is 21.4 Å². The second-order valence-corrected chi connectivity index (χ2v) is 6.74. The zero-order chi connectivity index (χ0) is 14.7. The van der Waals surface area contributed by atoms with Gasteiger partial charge in [0, 0.05) is 17.2 Å². The summed E-state index contributed by atoms with van der Waals surface area (Å²) >= 11 is 1.70. The largest absolute Gasteiger partial charge is 0.297 e. The van der Waals surface area contributed by atoms with Gasteiger partial charge in [0.1, 0.15) is 16.9 Å². The lowest BCUT2D eigenvalue weighted by Crippen LogP contribution is -2.42. The van der Waals surface area contributed by atoms with Crippen LogP contribution in [0, 0.1) is 11.3 Å². The smallest absolute Gasteiger partial charge is 0.117 e. The van der Waals surface area contributed by atoms with Crippen molar-refractivity contribution in [2.24, 2.45) is 0 Å². The summed E-state index contributed by atoms with van der Waals surface area (Å²) in [6.45, 7) is 1.99. The van der Waals surface area contributed by atoms with E-state index in [0.29, 0.717) is 6.04 Å². The summed E-state index contributed by atoms with van der Waals surface area (Å²) in [5.74, 6) is 0.866. The summed E-state index contributed by atoms with van der Waals surface area (Å²) in [6, 6.07) is 11.0. The maximum atomic E-state index is 9.38. The average molecular weight is 298 g/mol. The molecule has 1 saturated carbocycles.